The van der Waals surface area contributed by atoms with E-state index in [1.165, 1.54) is 12.8 Å². The molecular weight excluding hydrogens is 278 g/mol. The second-order valence-corrected chi connectivity index (χ2v) is 5.76. The molecule has 0 saturated carbocycles. The molecule has 1 aliphatic rings. The summed E-state index contributed by atoms with van der Waals surface area (Å²) in [4.78, 5) is 18.7. The second kappa shape index (κ2) is 6.75. The van der Waals surface area contributed by atoms with Gasteiger partial charge in [-0.1, -0.05) is 0 Å². The number of nitrogens with one attached hydrogen (secondary N) is 1. The Bertz CT molecular complexity index is 645. The third-order valence-corrected chi connectivity index (χ3v) is 3.87. The van der Waals surface area contributed by atoms with Crippen LogP contribution in [-0.4, -0.2) is 28.9 Å². The van der Waals surface area contributed by atoms with Crippen LogP contribution in [0.1, 0.15) is 40.4 Å². The van der Waals surface area contributed by atoms with Gasteiger partial charge < -0.3 is 9.73 Å². The number of likely N-dealkylation sites (tertiary alicyclic amines) is 1. The van der Waals surface area contributed by atoms with Gasteiger partial charge in [-0.3, -0.25) is 14.7 Å². The van der Waals surface area contributed by atoms with Crippen LogP contribution in [0.15, 0.2) is 34.9 Å². The lowest BCUT2D eigenvalue weighted by atomic mass is 10.2. The fourth-order valence-corrected chi connectivity index (χ4v) is 2.70. The molecular formula is C17H21N3O2. The molecule has 0 spiro atoms. The van der Waals surface area contributed by atoms with Crippen molar-refractivity contribution in [2.24, 2.45) is 0 Å². The maximum Gasteiger partial charge on any atom is 0.287 e. The minimum absolute atomic E-state index is 0.198. The van der Waals surface area contributed by atoms with E-state index < -0.39 is 0 Å². The van der Waals surface area contributed by atoms with E-state index in [0.29, 0.717) is 12.3 Å². The number of aromatic nitrogens is 1. The molecule has 0 atom stereocenters. The summed E-state index contributed by atoms with van der Waals surface area (Å²) in [6, 6.07) is 7.52. The number of furan rings is 1. The molecule has 1 amide bonds. The normalized spacial score (nSPS) is 15.1. The number of aryl methyl sites for hydroxylation is 1. The first kappa shape index (κ1) is 14.8. The largest absolute Gasteiger partial charge is 0.455 e. The molecule has 1 aliphatic heterocycles. The summed E-state index contributed by atoms with van der Waals surface area (Å²) in [5.74, 6) is 1.01. The third kappa shape index (κ3) is 3.74. The van der Waals surface area contributed by atoms with Gasteiger partial charge in [0.05, 0.1) is 18.8 Å². The van der Waals surface area contributed by atoms with E-state index in [4.69, 9.17) is 4.42 Å². The van der Waals surface area contributed by atoms with Crippen molar-refractivity contribution in [2.75, 3.05) is 13.1 Å². The summed E-state index contributed by atoms with van der Waals surface area (Å²) in [7, 11) is 0. The Morgan fingerprint density at radius 3 is 2.91 bits per heavy atom. The summed E-state index contributed by atoms with van der Waals surface area (Å²) in [6.45, 7) is 5.42. The number of amides is 1. The van der Waals surface area contributed by atoms with Crippen molar-refractivity contribution in [1.29, 1.82) is 0 Å². The van der Waals surface area contributed by atoms with Crippen LogP contribution < -0.4 is 5.32 Å². The molecule has 0 aliphatic carbocycles. The van der Waals surface area contributed by atoms with E-state index in [1.54, 1.807) is 12.3 Å². The molecule has 0 bridgehead atoms. The maximum absolute atomic E-state index is 12.1. The Kier molecular flexibility index (Phi) is 4.53. The number of rotatable bonds is 5. The molecule has 3 heterocycles. The highest BCUT2D eigenvalue weighted by molar-refractivity contribution is 5.91. The highest BCUT2D eigenvalue weighted by Crippen LogP contribution is 2.15. The maximum atomic E-state index is 12.1. The number of pyridine rings is 1. The topological polar surface area (TPSA) is 58.4 Å². The van der Waals surface area contributed by atoms with Gasteiger partial charge in [0, 0.05) is 6.20 Å². The minimum Gasteiger partial charge on any atom is -0.455 e. The molecule has 116 valence electrons. The number of carbonyl (C=O) groups is 1. The molecule has 0 radical (unpaired) electrons. The van der Waals surface area contributed by atoms with Crippen LogP contribution >= 0.6 is 0 Å². The molecule has 1 saturated heterocycles. The van der Waals surface area contributed by atoms with Gasteiger partial charge in [-0.15, -0.1) is 0 Å². The van der Waals surface area contributed by atoms with Crippen molar-refractivity contribution in [3.8, 4) is 0 Å². The molecule has 1 fully saturated rings. The number of carbonyl (C=O) groups excluding carboxylic acids is 1. The van der Waals surface area contributed by atoms with Gasteiger partial charge >= 0.3 is 0 Å². The SMILES string of the molecule is Cc1ccnc(CNC(=O)c2ccc(CN3CCCC3)o2)c1. The quantitative estimate of drug-likeness (QED) is 0.921. The smallest absolute Gasteiger partial charge is 0.287 e. The van der Waals surface area contributed by atoms with Gasteiger partial charge in [-0.2, -0.15) is 0 Å². The lowest BCUT2D eigenvalue weighted by molar-refractivity contribution is 0.0919. The average Bonchev–Trinajstić information content (AvgIpc) is 3.17. The monoisotopic (exact) mass is 299 g/mol. The van der Waals surface area contributed by atoms with E-state index >= 15 is 0 Å². The van der Waals surface area contributed by atoms with Crippen molar-refractivity contribution >= 4 is 5.91 Å². The van der Waals surface area contributed by atoms with Crippen molar-refractivity contribution in [1.82, 2.24) is 15.2 Å². The van der Waals surface area contributed by atoms with Gasteiger partial charge in [0.25, 0.3) is 5.91 Å². The number of nitrogens with zero attached hydrogens (tertiary/aromatic N) is 2. The van der Waals surface area contributed by atoms with E-state index in [9.17, 15) is 4.79 Å². The predicted octanol–water partition coefficient (Wildman–Crippen LogP) is 2.51. The van der Waals surface area contributed by atoms with Gasteiger partial charge in [0.15, 0.2) is 5.76 Å². The first-order valence-electron chi connectivity index (χ1n) is 7.71. The van der Waals surface area contributed by atoms with Gasteiger partial charge in [0.1, 0.15) is 5.76 Å². The van der Waals surface area contributed by atoms with Crippen LogP contribution in [0.5, 0.6) is 0 Å². The van der Waals surface area contributed by atoms with Crippen molar-refractivity contribution < 1.29 is 9.21 Å². The zero-order valence-corrected chi connectivity index (χ0v) is 12.8. The third-order valence-electron chi connectivity index (χ3n) is 3.87. The zero-order valence-electron chi connectivity index (χ0n) is 12.8. The molecule has 5 heteroatoms. The second-order valence-electron chi connectivity index (χ2n) is 5.76. The predicted molar refractivity (Wildman–Crippen MR) is 83.4 cm³/mol. The standard InChI is InChI=1S/C17H21N3O2/c1-13-6-7-18-14(10-13)11-19-17(21)16-5-4-15(22-16)12-20-8-2-3-9-20/h4-7,10H,2-3,8-9,11-12H2,1H3,(H,19,21). The summed E-state index contributed by atoms with van der Waals surface area (Å²) in [5.41, 5.74) is 1.97. The van der Waals surface area contributed by atoms with Crippen molar-refractivity contribution in [3.63, 3.8) is 0 Å². The van der Waals surface area contributed by atoms with E-state index in [2.05, 4.69) is 15.2 Å². The first-order chi connectivity index (χ1) is 10.7. The summed E-state index contributed by atoms with van der Waals surface area (Å²) < 4.78 is 5.65. The van der Waals surface area contributed by atoms with Gasteiger partial charge in [0.2, 0.25) is 0 Å². The Balaban J connectivity index is 1.54. The van der Waals surface area contributed by atoms with E-state index in [0.717, 1.165) is 36.7 Å². The Labute approximate surface area is 130 Å². The average molecular weight is 299 g/mol. The minimum atomic E-state index is -0.198. The van der Waals surface area contributed by atoms with Crippen LogP contribution in [0.25, 0.3) is 0 Å². The fraction of sp³-hybridized carbons (Fsp3) is 0.412. The van der Waals surface area contributed by atoms with Gasteiger partial charge in [-0.05, 0) is 62.7 Å². The molecule has 5 nitrogen and oxygen atoms in total. The lowest BCUT2D eigenvalue weighted by Gasteiger charge is -2.11. The summed E-state index contributed by atoms with van der Waals surface area (Å²) in [5, 5.41) is 2.84. The number of hydrogen-bond acceptors (Lipinski definition) is 4. The van der Waals surface area contributed by atoms with E-state index in [1.807, 2.05) is 25.1 Å². The Hall–Kier alpha value is -2.14. The lowest BCUT2D eigenvalue weighted by Crippen LogP contribution is -2.23. The molecule has 2 aromatic heterocycles. The highest BCUT2D eigenvalue weighted by atomic mass is 16.4. The molecule has 22 heavy (non-hydrogen) atoms. The first-order valence-corrected chi connectivity index (χ1v) is 7.71. The summed E-state index contributed by atoms with van der Waals surface area (Å²) >= 11 is 0. The molecule has 1 N–H and O–H groups in total. The van der Waals surface area contributed by atoms with Crippen LogP contribution in [-0.2, 0) is 13.1 Å². The Morgan fingerprint density at radius 2 is 2.14 bits per heavy atom. The zero-order chi connectivity index (χ0) is 15.4. The van der Waals surface area contributed by atoms with Gasteiger partial charge in [-0.25, -0.2) is 0 Å². The molecule has 0 unspecified atom stereocenters. The molecule has 0 aromatic carbocycles. The fourth-order valence-electron chi connectivity index (χ4n) is 2.70. The molecule has 3 rings (SSSR count). The highest BCUT2D eigenvalue weighted by Gasteiger charge is 2.16. The van der Waals surface area contributed by atoms with Crippen LogP contribution in [0.3, 0.4) is 0 Å². The Morgan fingerprint density at radius 1 is 1.32 bits per heavy atom. The van der Waals surface area contributed by atoms with Crippen LogP contribution in [0, 0.1) is 6.92 Å². The van der Waals surface area contributed by atoms with Crippen LogP contribution in [0.2, 0.25) is 0 Å². The molecule has 2 aromatic rings. The van der Waals surface area contributed by atoms with Crippen molar-refractivity contribution in [2.45, 2.75) is 32.9 Å². The van der Waals surface area contributed by atoms with E-state index in [-0.39, 0.29) is 5.91 Å². The van der Waals surface area contributed by atoms with Crippen LogP contribution in [0.4, 0.5) is 0 Å². The summed E-state index contributed by atoms with van der Waals surface area (Å²) in [6.07, 6.45) is 4.24. The number of hydrogen-bond donors (Lipinski definition) is 1. The van der Waals surface area contributed by atoms with Crippen molar-refractivity contribution in [3.05, 3.63) is 53.2 Å².